The third-order valence-corrected chi connectivity index (χ3v) is 3.33. The summed E-state index contributed by atoms with van der Waals surface area (Å²) in [6, 6.07) is 6.17. The summed E-state index contributed by atoms with van der Waals surface area (Å²) in [5, 5.41) is -0.471. The first kappa shape index (κ1) is 9.72. The number of hydrogen-bond acceptors (Lipinski definition) is 1. The normalized spacial score (nSPS) is 16.4. The van der Waals surface area contributed by atoms with Crippen LogP contribution in [-0.4, -0.2) is 5.78 Å². The smallest absolute Gasteiger partial charge is 0.152 e. The van der Waals surface area contributed by atoms with Crippen LogP contribution in [0, 0.1) is 0 Å². The van der Waals surface area contributed by atoms with E-state index < -0.39 is 5.38 Å². The lowest BCUT2D eigenvalue weighted by Gasteiger charge is -2.08. The van der Waals surface area contributed by atoms with Crippen molar-refractivity contribution in [2.75, 3.05) is 0 Å². The number of alkyl halides is 1. The highest BCUT2D eigenvalue weighted by Gasteiger charge is 2.16. The molecule has 0 radical (unpaired) electrons. The molecule has 0 spiro atoms. The van der Waals surface area contributed by atoms with Gasteiger partial charge in [-0.05, 0) is 42.9 Å². The minimum absolute atomic E-state index is 0.0182. The molecule has 2 heteroatoms. The molecule has 14 heavy (non-hydrogen) atoms. The fourth-order valence-electron chi connectivity index (χ4n) is 1.98. The fraction of sp³-hybridized carbons (Fsp3) is 0.417. The van der Waals surface area contributed by atoms with Crippen LogP contribution in [0.4, 0.5) is 0 Å². The molecule has 1 aliphatic carbocycles. The van der Waals surface area contributed by atoms with E-state index in [0.717, 1.165) is 12.0 Å². The van der Waals surface area contributed by atoms with Gasteiger partial charge in [0.15, 0.2) is 5.78 Å². The van der Waals surface area contributed by atoms with E-state index in [2.05, 4.69) is 12.1 Å². The highest BCUT2D eigenvalue weighted by Crippen LogP contribution is 2.28. The maximum atomic E-state index is 11.1. The summed E-state index contributed by atoms with van der Waals surface area (Å²) in [4.78, 5) is 11.1. The number of halogens is 1. The summed E-state index contributed by atoms with van der Waals surface area (Å²) in [7, 11) is 0. The molecule has 1 aromatic carbocycles. The Kier molecular flexibility index (Phi) is 2.60. The number of carbonyl (C=O) groups is 1. The van der Waals surface area contributed by atoms with Crippen LogP contribution in [0.25, 0.3) is 0 Å². The summed E-state index contributed by atoms with van der Waals surface area (Å²) < 4.78 is 0. The van der Waals surface area contributed by atoms with E-state index in [1.54, 1.807) is 0 Å². The van der Waals surface area contributed by atoms with Crippen LogP contribution in [0.3, 0.4) is 0 Å². The Morgan fingerprint density at radius 1 is 1.36 bits per heavy atom. The lowest BCUT2D eigenvalue weighted by Crippen LogP contribution is -2.02. The van der Waals surface area contributed by atoms with Crippen molar-refractivity contribution in [1.82, 2.24) is 0 Å². The van der Waals surface area contributed by atoms with Gasteiger partial charge in [0.05, 0.1) is 0 Å². The SMILES string of the molecule is CC(=O)C(Cl)c1ccc2c(c1)CCC2. The largest absolute Gasteiger partial charge is 0.298 e. The Bertz CT molecular complexity index is 371. The van der Waals surface area contributed by atoms with Gasteiger partial charge in [0.25, 0.3) is 0 Å². The van der Waals surface area contributed by atoms with Crippen molar-refractivity contribution in [1.29, 1.82) is 0 Å². The number of ketones is 1. The zero-order valence-electron chi connectivity index (χ0n) is 8.22. The zero-order chi connectivity index (χ0) is 10.1. The highest BCUT2D eigenvalue weighted by atomic mass is 35.5. The first-order chi connectivity index (χ1) is 6.68. The molecule has 0 amide bonds. The van der Waals surface area contributed by atoms with Gasteiger partial charge in [-0.2, -0.15) is 0 Å². The lowest BCUT2D eigenvalue weighted by atomic mass is 10.0. The van der Waals surface area contributed by atoms with Crippen LogP contribution in [0.1, 0.15) is 35.4 Å². The third-order valence-electron chi connectivity index (χ3n) is 2.77. The van der Waals surface area contributed by atoms with E-state index in [1.807, 2.05) is 6.07 Å². The van der Waals surface area contributed by atoms with Crippen molar-refractivity contribution in [3.8, 4) is 0 Å². The molecule has 1 unspecified atom stereocenters. The Labute approximate surface area is 89.1 Å². The molecule has 1 atom stereocenters. The van der Waals surface area contributed by atoms with Crippen molar-refractivity contribution in [2.45, 2.75) is 31.6 Å². The van der Waals surface area contributed by atoms with Gasteiger partial charge in [-0.3, -0.25) is 4.79 Å². The van der Waals surface area contributed by atoms with Crippen molar-refractivity contribution in [3.63, 3.8) is 0 Å². The van der Waals surface area contributed by atoms with Gasteiger partial charge in [0.2, 0.25) is 0 Å². The van der Waals surface area contributed by atoms with E-state index in [0.29, 0.717) is 0 Å². The molecular weight excluding hydrogens is 196 g/mol. The van der Waals surface area contributed by atoms with Gasteiger partial charge in [-0.25, -0.2) is 0 Å². The first-order valence-electron chi connectivity index (χ1n) is 4.94. The van der Waals surface area contributed by atoms with Gasteiger partial charge in [0.1, 0.15) is 5.38 Å². The van der Waals surface area contributed by atoms with Crippen molar-refractivity contribution in [3.05, 3.63) is 34.9 Å². The lowest BCUT2D eigenvalue weighted by molar-refractivity contribution is -0.116. The quantitative estimate of drug-likeness (QED) is 0.683. The molecule has 0 saturated carbocycles. The monoisotopic (exact) mass is 208 g/mol. The van der Waals surface area contributed by atoms with Crippen molar-refractivity contribution >= 4 is 17.4 Å². The summed E-state index contributed by atoms with van der Waals surface area (Å²) in [5.41, 5.74) is 3.73. The van der Waals surface area contributed by atoms with Crippen LogP contribution in [0.15, 0.2) is 18.2 Å². The average molecular weight is 209 g/mol. The number of Topliss-reactive ketones (excluding diaryl/α,β-unsaturated/α-hetero) is 1. The molecule has 0 N–H and O–H groups in total. The molecule has 0 heterocycles. The highest BCUT2D eigenvalue weighted by molar-refractivity contribution is 6.30. The number of carbonyl (C=O) groups excluding carboxylic acids is 1. The molecule has 0 aromatic heterocycles. The maximum absolute atomic E-state index is 11.1. The van der Waals surface area contributed by atoms with E-state index in [1.165, 1.54) is 30.9 Å². The summed E-state index contributed by atoms with van der Waals surface area (Å²) >= 11 is 5.99. The summed E-state index contributed by atoms with van der Waals surface area (Å²) in [6.07, 6.45) is 3.53. The Morgan fingerprint density at radius 2 is 2.07 bits per heavy atom. The number of benzene rings is 1. The predicted molar refractivity (Wildman–Crippen MR) is 57.7 cm³/mol. The molecule has 2 rings (SSSR count). The van der Waals surface area contributed by atoms with Gasteiger partial charge < -0.3 is 0 Å². The van der Waals surface area contributed by atoms with Gasteiger partial charge in [-0.1, -0.05) is 18.2 Å². The standard InChI is InChI=1S/C12H13ClO/c1-8(14)12(13)11-6-5-9-3-2-4-10(9)7-11/h5-7,12H,2-4H2,1H3. The number of aryl methyl sites for hydroxylation is 2. The molecule has 0 saturated heterocycles. The van der Waals surface area contributed by atoms with E-state index in [4.69, 9.17) is 11.6 Å². The molecule has 1 aromatic rings. The first-order valence-corrected chi connectivity index (χ1v) is 5.38. The molecule has 1 aliphatic rings. The molecule has 1 nitrogen and oxygen atoms in total. The molecule has 74 valence electrons. The van der Waals surface area contributed by atoms with Crippen LogP contribution in [0.5, 0.6) is 0 Å². The molecule has 0 bridgehead atoms. The van der Waals surface area contributed by atoms with Crippen LogP contribution >= 0.6 is 11.6 Å². The maximum Gasteiger partial charge on any atom is 0.152 e. The second kappa shape index (κ2) is 3.74. The van der Waals surface area contributed by atoms with Gasteiger partial charge in [0, 0.05) is 0 Å². The van der Waals surface area contributed by atoms with E-state index in [-0.39, 0.29) is 5.78 Å². The van der Waals surface area contributed by atoms with Gasteiger partial charge in [-0.15, -0.1) is 11.6 Å². The van der Waals surface area contributed by atoms with Crippen LogP contribution in [-0.2, 0) is 17.6 Å². The Hall–Kier alpha value is -0.820. The van der Waals surface area contributed by atoms with Crippen LogP contribution in [0.2, 0.25) is 0 Å². The van der Waals surface area contributed by atoms with Crippen molar-refractivity contribution < 1.29 is 4.79 Å². The van der Waals surface area contributed by atoms with E-state index >= 15 is 0 Å². The third kappa shape index (κ3) is 1.69. The number of fused-ring (bicyclic) bond motifs is 1. The summed E-state index contributed by atoms with van der Waals surface area (Å²) in [6.45, 7) is 1.53. The van der Waals surface area contributed by atoms with Crippen LogP contribution < -0.4 is 0 Å². The average Bonchev–Trinajstić information content (AvgIpc) is 2.62. The van der Waals surface area contributed by atoms with Crippen molar-refractivity contribution in [2.24, 2.45) is 0 Å². The zero-order valence-corrected chi connectivity index (χ0v) is 8.97. The number of rotatable bonds is 2. The second-order valence-electron chi connectivity index (χ2n) is 3.85. The second-order valence-corrected chi connectivity index (χ2v) is 4.29. The molecule has 0 fully saturated rings. The van der Waals surface area contributed by atoms with E-state index in [9.17, 15) is 4.79 Å². The minimum atomic E-state index is -0.471. The fourth-order valence-corrected chi connectivity index (χ4v) is 2.12. The molecular formula is C12H13ClO. The summed E-state index contributed by atoms with van der Waals surface area (Å²) in [5.74, 6) is 0.0182. The Morgan fingerprint density at radius 3 is 2.79 bits per heavy atom. The Balaban J connectivity index is 2.33. The van der Waals surface area contributed by atoms with Gasteiger partial charge >= 0.3 is 0 Å². The predicted octanol–water partition coefficient (Wildman–Crippen LogP) is 3.04. The molecule has 0 aliphatic heterocycles. The minimum Gasteiger partial charge on any atom is -0.298 e. The topological polar surface area (TPSA) is 17.1 Å². The number of hydrogen-bond donors (Lipinski definition) is 0.